The molecule has 0 spiro atoms. The molecule has 4 rings (SSSR count). The standard InChI is InChI=1S/C20H19F2NO4/c1-25-17-9-13(5-6-16(17)22)19(24)23-8-7-20(18(11-23)26-12-27-20)14-3-2-4-15(21)10-14/h2-6,9-10,18H,7-8,11-12H2,1H3/t18-,20-/m1/s1. The van der Waals surface area contributed by atoms with E-state index in [0.717, 1.165) is 0 Å². The Balaban J connectivity index is 1.57. The summed E-state index contributed by atoms with van der Waals surface area (Å²) < 4.78 is 43.8. The van der Waals surface area contributed by atoms with Gasteiger partial charge in [0.1, 0.15) is 24.3 Å². The van der Waals surface area contributed by atoms with Crippen LogP contribution in [0.4, 0.5) is 8.78 Å². The van der Waals surface area contributed by atoms with Gasteiger partial charge in [-0.1, -0.05) is 12.1 Å². The second kappa shape index (κ2) is 6.90. The summed E-state index contributed by atoms with van der Waals surface area (Å²) in [4.78, 5) is 14.5. The summed E-state index contributed by atoms with van der Waals surface area (Å²) in [5.74, 6) is -1.08. The maximum Gasteiger partial charge on any atom is 0.254 e. The summed E-state index contributed by atoms with van der Waals surface area (Å²) in [6, 6.07) is 10.3. The lowest BCUT2D eigenvalue weighted by molar-refractivity contribution is -0.0441. The summed E-state index contributed by atoms with van der Waals surface area (Å²) >= 11 is 0. The van der Waals surface area contributed by atoms with Gasteiger partial charge in [-0.15, -0.1) is 0 Å². The third-order valence-corrected chi connectivity index (χ3v) is 5.24. The molecule has 2 heterocycles. The van der Waals surface area contributed by atoms with Crippen molar-refractivity contribution in [2.75, 3.05) is 27.0 Å². The zero-order chi connectivity index (χ0) is 19.0. The van der Waals surface area contributed by atoms with E-state index in [2.05, 4.69) is 0 Å². The Kier molecular flexibility index (Phi) is 4.57. The summed E-state index contributed by atoms with van der Waals surface area (Å²) in [5.41, 5.74) is 0.283. The van der Waals surface area contributed by atoms with Crippen molar-refractivity contribution < 1.29 is 27.8 Å². The Morgan fingerprint density at radius 1 is 1.26 bits per heavy atom. The first-order valence-electron chi connectivity index (χ1n) is 8.68. The Labute approximate surface area is 155 Å². The number of amides is 1. The van der Waals surface area contributed by atoms with Crippen LogP contribution in [0.5, 0.6) is 5.75 Å². The second-order valence-corrected chi connectivity index (χ2v) is 6.67. The maximum atomic E-state index is 13.7. The highest BCUT2D eigenvalue weighted by Gasteiger charge is 2.51. The fraction of sp³-hybridized carbons (Fsp3) is 0.350. The summed E-state index contributed by atoms with van der Waals surface area (Å²) in [7, 11) is 1.35. The van der Waals surface area contributed by atoms with Gasteiger partial charge < -0.3 is 19.1 Å². The Hall–Kier alpha value is -2.51. The van der Waals surface area contributed by atoms with Crippen LogP contribution in [0.3, 0.4) is 0 Å². The Bertz CT molecular complexity index is 875. The molecule has 0 bridgehead atoms. The van der Waals surface area contributed by atoms with Gasteiger partial charge in [0.15, 0.2) is 11.6 Å². The minimum absolute atomic E-state index is 0.0208. The lowest BCUT2D eigenvalue weighted by atomic mass is 9.82. The molecule has 0 unspecified atom stereocenters. The fourth-order valence-corrected chi connectivity index (χ4v) is 3.80. The number of halogens is 2. The van der Waals surface area contributed by atoms with E-state index in [1.165, 1.54) is 37.4 Å². The highest BCUT2D eigenvalue weighted by Crippen LogP contribution is 2.42. The van der Waals surface area contributed by atoms with Crippen LogP contribution in [0.25, 0.3) is 0 Å². The average molecular weight is 375 g/mol. The molecule has 142 valence electrons. The molecule has 2 atom stereocenters. The lowest BCUT2D eigenvalue weighted by Gasteiger charge is -2.42. The van der Waals surface area contributed by atoms with Gasteiger partial charge in [0.25, 0.3) is 5.91 Å². The zero-order valence-corrected chi connectivity index (χ0v) is 14.8. The first-order valence-corrected chi connectivity index (χ1v) is 8.68. The molecule has 2 aliphatic heterocycles. The predicted molar refractivity (Wildman–Crippen MR) is 92.4 cm³/mol. The van der Waals surface area contributed by atoms with E-state index in [1.807, 2.05) is 6.07 Å². The van der Waals surface area contributed by atoms with E-state index in [0.29, 0.717) is 30.6 Å². The van der Waals surface area contributed by atoms with Crippen LogP contribution in [-0.4, -0.2) is 43.9 Å². The Morgan fingerprint density at radius 2 is 2.11 bits per heavy atom. The normalized spacial score (nSPS) is 24.6. The van der Waals surface area contributed by atoms with Crippen LogP contribution in [0.2, 0.25) is 0 Å². The molecule has 0 radical (unpaired) electrons. The van der Waals surface area contributed by atoms with E-state index in [9.17, 15) is 13.6 Å². The number of likely N-dealkylation sites (tertiary alicyclic amines) is 1. The highest BCUT2D eigenvalue weighted by atomic mass is 19.1. The van der Waals surface area contributed by atoms with Gasteiger partial charge in [0.2, 0.25) is 0 Å². The van der Waals surface area contributed by atoms with Gasteiger partial charge in [-0.25, -0.2) is 8.78 Å². The van der Waals surface area contributed by atoms with Crippen molar-refractivity contribution in [2.45, 2.75) is 18.1 Å². The monoisotopic (exact) mass is 375 g/mol. The third kappa shape index (κ3) is 3.07. The molecule has 0 aromatic heterocycles. The van der Waals surface area contributed by atoms with Crippen molar-refractivity contribution in [3.8, 4) is 5.75 Å². The van der Waals surface area contributed by atoms with E-state index in [4.69, 9.17) is 14.2 Å². The van der Waals surface area contributed by atoms with Crippen molar-refractivity contribution in [1.82, 2.24) is 4.90 Å². The first kappa shape index (κ1) is 17.9. The van der Waals surface area contributed by atoms with Crippen LogP contribution in [0, 0.1) is 11.6 Å². The van der Waals surface area contributed by atoms with Gasteiger partial charge in [0, 0.05) is 18.5 Å². The largest absolute Gasteiger partial charge is 0.494 e. The van der Waals surface area contributed by atoms with Gasteiger partial charge in [-0.2, -0.15) is 0 Å². The topological polar surface area (TPSA) is 48.0 Å². The quantitative estimate of drug-likeness (QED) is 0.827. The van der Waals surface area contributed by atoms with Gasteiger partial charge in [-0.3, -0.25) is 4.79 Å². The van der Waals surface area contributed by atoms with E-state index in [1.54, 1.807) is 11.0 Å². The van der Waals surface area contributed by atoms with Gasteiger partial charge in [0.05, 0.1) is 13.7 Å². The number of rotatable bonds is 3. The van der Waals surface area contributed by atoms with Crippen molar-refractivity contribution in [3.63, 3.8) is 0 Å². The van der Waals surface area contributed by atoms with Crippen LogP contribution in [-0.2, 0) is 15.1 Å². The zero-order valence-electron chi connectivity index (χ0n) is 14.8. The molecule has 2 aromatic rings. The minimum Gasteiger partial charge on any atom is -0.494 e. The molecule has 0 aliphatic carbocycles. The molecule has 7 heteroatoms. The van der Waals surface area contributed by atoms with E-state index < -0.39 is 17.5 Å². The van der Waals surface area contributed by atoms with Gasteiger partial charge in [-0.05, 0) is 35.9 Å². The van der Waals surface area contributed by atoms with Crippen molar-refractivity contribution in [3.05, 3.63) is 65.2 Å². The summed E-state index contributed by atoms with van der Waals surface area (Å²) in [6.45, 7) is 0.803. The maximum absolute atomic E-state index is 13.7. The molecule has 0 saturated carbocycles. The first-order chi connectivity index (χ1) is 13.0. The second-order valence-electron chi connectivity index (χ2n) is 6.67. The smallest absolute Gasteiger partial charge is 0.254 e. The van der Waals surface area contributed by atoms with Gasteiger partial charge >= 0.3 is 0 Å². The minimum atomic E-state index is -0.765. The third-order valence-electron chi connectivity index (χ3n) is 5.24. The Morgan fingerprint density at radius 3 is 2.89 bits per heavy atom. The number of ether oxygens (including phenoxy) is 3. The molecule has 2 aromatic carbocycles. The van der Waals surface area contributed by atoms with Crippen molar-refractivity contribution >= 4 is 5.91 Å². The number of methoxy groups -OCH3 is 1. The molecular weight excluding hydrogens is 356 g/mol. The van der Waals surface area contributed by atoms with Crippen LogP contribution in [0.15, 0.2) is 42.5 Å². The molecule has 2 fully saturated rings. The van der Waals surface area contributed by atoms with E-state index >= 15 is 0 Å². The number of hydrogen-bond donors (Lipinski definition) is 0. The molecule has 1 amide bonds. The number of carbonyl (C=O) groups excluding carboxylic acids is 1. The van der Waals surface area contributed by atoms with Crippen LogP contribution in [0.1, 0.15) is 22.3 Å². The number of fused-ring (bicyclic) bond motifs is 1. The molecule has 2 aliphatic rings. The lowest BCUT2D eigenvalue weighted by Crippen LogP contribution is -2.53. The number of hydrogen-bond acceptors (Lipinski definition) is 4. The molecule has 5 nitrogen and oxygen atoms in total. The fourth-order valence-electron chi connectivity index (χ4n) is 3.80. The molecule has 0 N–H and O–H groups in total. The number of nitrogens with zero attached hydrogens (tertiary/aromatic N) is 1. The predicted octanol–water partition coefficient (Wildman–Crippen LogP) is 3.09. The van der Waals surface area contributed by atoms with E-state index in [-0.39, 0.29) is 24.3 Å². The van der Waals surface area contributed by atoms with Crippen molar-refractivity contribution in [1.29, 1.82) is 0 Å². The van der Waals surface area contributed by atoms with Crippen LogP contribution < -0.4 is 4.74 Å². The highest BCUT2D eigenvalue weighted by molar-refractivity contribution is 5.94. The molecule has 2 saturated heterocycles. The van der Waals surface area contributed by atoms with Crippen LogP contribution >= 0.6 is 0 Å². The summed E-state index contributed by atoms with van der Waals surface area (Å²) in [6.07, 6.45) is 0.0740. The average Bonchev–Trinajstić information content (AvgIpc) is 3.12. The SMILES string of the molecule is COc1cc(C(=O)N2CC[C@]3(c4cccc(F)c4)OCO[C@@H]3C2)ccc1F. The summed E-state index contributed by atoms with van der Waals surface area (Å²) in [5, 5.41) is 0. The number of piperidine rings is 1. The molecule has 27 heavy (non-hydrogen) atoms. The molecular formula is C20H19F2NO4. The van der Waals surface area contributed by atoms with Crippen molar-refractivity contribution in [2.24, 2.45) is 0 Å². The number of carbonyl (C=O) groups is 1. The number of benzene rings is 2.